The van der Waals surface area contributed by atoms with Crippen molar-refractivity contribution >= 4 is 5.69 Å². The van der Waals surface area contributed by atoms with Crippen LogP contribution in [0.15, 0.2) is 24.3 Å². The molecule has 1 atom stereocenters. The Bertz CT molecular complexity index is 341. The van der Waals surface area contributed by atoms with Crippen molar-refractivity contribution in [3.8, 4) is 0 Å². The summed E-state index contributed by atoms with van der Waals surface area (Å²) >= 11 is 0. The summed E-state index contributed by atoms with van der Waals surface area (Å²) in [7, 11) is 0. The van der Waals surface area contributed by atoms with E-state index in [4.69, 9.17) is 5.11 Å². The maximum Gasteiger partial charge on any atom is 0.273 e. The average Bonchev–Trinajstić information content (AvgIpc) is 2.26. The number of nitrogens with zero attached hydrogens (tertiary/aromatic N) is 1. The molecule has 1 rings (SSSR count). The number of nitrogens with one attached hydrogen (secondary N) is 1. The van der Waals surface area contributed by atoms with E-state index in [0.717, 1.165) is 0 Å². The number of aliphatic hydroxyl groups excluding tert-OH is 1. The van der Waals surface area contributed by atoms with Gasteiger partial charge in [0.2, 0.25) is 0 Å². The van der Waals surface area contributed by atoms with Crippen LogP contribution in [0.1, 0.15) is 12.5 Å². The summed E-state index contributed by atoms with van der Waals surface area (Å²) in [5.41, 5.74) is 0.734. The maximum absolute atomic E-state index is 10.7. The molecule has 5 heteroatoms. The van der Waals surface area contributed by atoms with Crippen LogP contribution in [0, 0.1) is 10.1 Å². The van der Waals surface area contributed by atoms with E-state index in [-0.39, 0.29) is 18.3 Å². The Morgan fingerprint density at radius 3 is 2.80 bits per heavy atom. The first kappa shape index (κ1) is 11.6. The summed E-state index contributed by atoms with van der Waals surface area (Å²) in [6, 6.07) is 6.51. The Hall–Kier alpha value is -1.46. The molecule has 0 radical (unpaired) electrons. The lowest BCUT2D eigenvalue weighted by molar-refractivity contribution is -0.385. The predicted molar refractivity (Wildman–Crippen MR) is 56.5 cm³/mol. The number of rotatable bonds is 5. The second-order valence-electron chi connectivity index (χ2n) is 3.35. The summed E-state index contributed by atoms with van der Waals surface area (Å²) in [5.74, 6) is 0. The highest BCUT2D eigenvalue weighted by Gasteiger charge is 2.12. The molecule has 0 amide bonds. The molecule has 0 saturated carbocycles. The number of para-hydroxylation sites is 1. The normalized spacial score (nSPS) is 12.4. The van der Waals surface area contributed by atoms with Gasteiger partial charge in [-0.2, -0.15) is 0 Å². The molecule has 5 nitrogen and oxygen atoms in total. The van der Waals surface area contributed by atoms with Gasteiger partial charge in [-0.1, -0.05) is 18.2 Å². The molecule has 0 aromatic heterocycles. The van der Waals surface area contributed by atoms with Crippen LogP contribution in [0.3, 0.4) is 0 Å². The summed E-state index contributed by atoms with van der Waals surface area (Å²) < 4.78 is 0. The van der Waals surface area contributed by atoms with E-state index in [9.17, 15) is 10.1 Å². The first-order chi connectivity index (χ1) is 7.15. The minimum atomic E-state index is -0.402. The average molecular weight is 210 g/mol. The van der Waals surface area contributed by atoms with Crippen molar-refractivity contribution in [3.05, 3.63) is 39.9 Å². The Labute approximate surface area is 87.9 Å². The summed E-state index contributed by atoms with van der Waals surface area (Å²) in [5, 5.41) is 22.4. The number of hydrogen-bond donors (Lipinski definition) is 2. The molecule has 0 spiro atoms. The SMILES string of the molecule is C[C@@H](CO)NCc1ccccc1[N+](=O)[O-]. The number of hydrogen-bond acceptors (Lipinski definition) is 4. The third-order valence-corrected chi connectivity index (χ3v) is 2.10. The van der Waals surface area contributed by atoms with Gasteiger partial charge in [-0.15, -0.1) is 0 Å². The zero-order valence-corrected chi connectivity index (χ0v) is 8.51. The number of benzene rings is 1. The maximum atomic E-state index is 10.7. The van der Waals surface area contributed by atoms with Crippen molar-refractivity contribution in [1.29, 1.82) is 0 Å². The van der Waals surface area contributed by atoms with E-state index < -0.39 is 4.92 Å². The van der Waals surface area contributed by atoms with Gasteiger partial charge in [-0.3, -0.25) is 10.1 Å². The molecule has 0 saturated heterocycles. The van der Waals surface area contributed by atoms with Gasteiger partial charge in [0, 0.05) is 24.2 Å². The first-order valence-corrected chi connectivity index (χ1v) is 4.71. The fourth-order valence-corrected chi connectivity index (χ4v) is 1.19. The zero-order valence-electron chi connectivity index (χ0n) is 8.51. The minimum absolute atomic E-state index is 0.0145. The molecule has 0 fully saturated rings. The predicted octanol–water partition coefficient (Wildman–Crippen LogP) is 1.07. The van der Waals surface area contributed by atoms with Crippen LogP contribution in [0.4, 0.5) is 5.69 Å². The molecule has 0 unspecified atom stereocenters. The van der Waals surface area contributed by atoms with Crippen molar-refractivity contribution in [2.45, 2.75) is 19.5 Å². The van der Waals surface area contributed by atoms with Crippen LogP contribution >= 0.6 is 0 Å². The van der Waals surface area contributed by atoms with Crippen molar-refractivity contribution in [1.82, 2.24) is 5.32 Å². The summed E-state index contributed by atoms with van der Waals surface area (Å²) in [4.78, 5) is 10.3. The van der Waals surface area contributed by atoms with Gasteiger partial charge in [0.15, 0.2) is 0 Å². The molecule has 0 aliphatic rings. The van der Waals surface area contributed by atoms with Crippen molar-refractivity contribution < 1.29 is 10.0 Å². The van der Waals surface area contributed by atoms with Crippen LogP contribution in [-0.2, 0) is 6.54 Å². The summed E-state index contributed by atoms with van der Waals surface area (Å²) in [6.45, 7) is 2.22. The molecule has 1 aromatic rings. The van der Waals surface area contributed by atoms with E-state index in [0.29, 0.717) is 12.1 Å². The zero-order chi connectivity index (χ0) is 11.3. The minimum Gasteiger partial charge on any atom is -0.395 e. The Kier molecular flexibility index (Phi) is 4.20. The van der Waals surface area contributed by atoms with Gasteiger partial charge in [0.25, 0.3) is 5.69 Å². The molecule has 0 aliphatic heterocycles. The smallest absolute Gasteiger partial charge is 0.273 e. The molecular weight excluding hydrogens is 196 g/mol. The van der Waals surface area contributed by atoms with E-state index in [1.54, 1.807) is 18.2 Å². The van der Waals surface area contributed by atoms with Crippen molar-refractivity contribution in [3.63, 3.8) is 0 Å². The standard InChI is InChI=1S/C10H14N2O3/c1-8(7-13)11-6-9-4-2-3-5-10(9)12(14)15/h2-5,8,11,13H,6-7H2,1H3/t8-/m0/s1. The largest absolute Gasteiger partial charge is 0.395 e. The first-order valence-electron chi connectivity index (χ1n) is 4.71. The molecule has 0 bridgehead atoms. The Morgan fingerprint density at radius 1 is 1.53 bits per heavy atom. The van der Waals surface area contributed by atoms with Crippen LogP contribution < -0.4 is 5.32 Å². The van der Waals surface area contributed by atoms with E-state index in [1.807, 2.05) is 6.92 Å². The molecule has 1 aromatic carbocycles. The van der Waals surface area contributed by atoms with Crippen LogP contribution in [0.5, 0.6) is 0 Å². The second kappa shape index (κ2) is 5.43. The fourth-order valence-electron chi connectivity index (χ4n) is 1.19. The highest BCUT2D eigenvalue weighted by Crippen LogP contribution is 2.17. The lowest BCUT2D eigenvalue weighted by Gasteiger charge is -2.10. The lowest BCUT2D eigenvalue weighted by Crippen LogP contribution is -2.28. The highest BCUT2D eigenvalue weighted by molar-refractivity contribution is 5.39. The third-order valence-electron chi connectivity index (χ3n) is 2.10. The third kappa shape index (κ3) is 3.30. The number of nitro benzene ring substituents is 1. The Morgan fingerprint density at radius 2 is 2.20 bits per heavy atom. The monoisotopic (exact) mass is 210 g/mol. The Balaban J connectivity index is 2.72. The van der Waals surface area contributed by atoms with Crippen LogP contribution in [0.25, 0.3) is 0 Å². The van der Waals surface area contributed by atoms with Gasteiger partial charge in [0.1, 0.15) is 0 Å². The van der Waals surface area contributed by atoms with Gasteiger partial charge >= 0.3 is 0 Å². The van der Waals surface area contributed by atoms with Crippen LogP contribution in [-0.4, -0.2) is 22.7 Å². The molecule has 0 aliphatic carbocycles. The summed E-state index contributed by atoms with van der Waals surface area (Å²) in [6.07, 6.45) is 0. The molecular formula is C10H14N2O3. The molecule has 0 heterocycles. The highest BCUT2D eigenvalue weighted by atomic mass is 16.6. The molecule has 82 valence electrons. The van der Waals surface area contributed by atoms with Crippen molar-refractivity contribution in [2.24, 2.45) is 0 Å². The van der Waals surface area contributed by atoms with Gasteiger partial charge < -0.3 is 10.4 Å². The van der Waals surface area contributed by atoms with Crippen LogP contribution in [0.2, 0.25) is 0 Å². The van der Waals surface area contributed by atoms with Crippen molar-refractivity contribution in [2.75, 3.05) is 6.61 Å². The quantitative estimate of drug-likeness (QED) is 0.563. The molecule has 2 N–H and O–H groups in total. The topological polar surface area (TPSA) is 75.4 Å². The van der Waals surface area contributed by atoms with E-state index in [2.05, 4.69) is 5.32 Å². The van der Waals surface area contributed by atoms with Gasteiger partial charge in [-0.25, -0.2) is 0 Å². The van der Waals surface area contributed by atoms with E-state index in [1.165, 1.54) is 6.07 Å². The fraction of sp³-hybridized carbons (Fsp3) is 0.400. The number of nitro groups is 1. The lowest BCUT2D eigenvalue weighted by atomic mass is 10.1. The second-order valence-corrected chi connectivity index (χ2v) is 3.35. The number of aliphatic hydroxyl groups is 1. The van der Waals surface area contributed by atoms with Gasteiger partial charge in [-0.05, 0) is 6.92 Å². The van der Waals surface area contributed by atoms with E-state index >= 15 is 0 Å². The molecule has 15 heavy (non-hydrogen) atoms. The van der Waals surface area contributed by atoms with Gasteiger partial charge in [0.05, 0.1) is 11.5 Å².